The predicted octanol–water partition coefficient (Wildman–Crippen LogP) is 4.86. The highest BCUT2D eigenvalue weighted by molar-refractivity contribution is 5.81. The molecule has 0 aliphatic carbocycles. The molecule has 0 aliphatic heterocycles. The summed E-state index contributed by atoms with van der Waals surface area (Å²) in [5.41, 5.74) is -3.21. The van der Waals surface area contributed by atoms with Crippen LogP contribution in [0.3, 0.4) is 0 Å². The molecule has 33 heavy (non-hydrogen) atoms. The summed E-state index contributed by atoms with van der Waals surface area (Å²) >= 11 is 0. The number of hydrogen-bond donors (Lipinski definition) is 0. The van der Waals surface area contributed by atoms with Crippen molar-refractivity contribution in [3.63, 3.8) is 0 Å². The van der Waals surface area contributed by atoms with E-state index >= 15 is 0 Å². The van der Waals surface area contributed by atoms with E-state index in [1.807, 2.05) is 6.92 Å². The molecule has 0 aliphatic rings. The van der Waals surface area contributed by atoms with Crippen LogP contribution in [0.1, 0.15) is 54.4 Å². The Bertz CT molecular complexity index is 829. The van der Waals surface area contributed by atoms with Gasteiger partial charge in [0.05, 0.1) is 12.7 Å². The van der Waals surface area contributed by atoms with Crippen LogP contribution in [-0.4, -0.2) is 43.5 Å². The third kappa shape index (κ3) is 7.36. The van der Waals surface area contributed by atoms with Gasteiger partial charge in [-0.25, -0.2) is 18.0 Å². The van der Waals surface area contributed by atoms with E-state index in [1.165, 1.54) is 20.8 Å². The van der Waals surface area contributed by atoms with Crippen molar-refractivity contribution >= 4 is 11.9 Å². The molecule has 0 spiro atoms. The average molecular weight is 484 g/mol. The van der Waals surface area contributed by atoms with Crippen molar-refractivity contribution in [2.45, 2.75) is 66.1 Å². The second-order valence-electron chi connectivity index (χ2n) is 8.50. The van der Waals surface area contributed by atoms with Gasteiger partial charge in [0, 0.05) is 6.61 Å². The van der Waals surface area contributed by atoms with Gasteiger partial charge in [-0.1, -0.05) is 13.3 Å². The fourth-order valence-corrected chi connectivity index (χ4v) is 2.33. The average Bonchev–Trinajstić information content (AvgIpc) is 2.76. The van der Waals surface area contributed by atoms with E-state index in [4.69, 9.17) is 14.2 Å². The summed E-state index contributed by atoms with van der Waals surface area (Å²) in [6.07, 6.45) is 1.13. The minimum Gasteiger partial charge on any atom is -0.462 e. The second kappa shape index (κ2) is 11.7. The Hall–Kier alpha value is -2.27. The van der Waals surface area contributed by atoms with Gasteiger partial charge >= 0.3 is 11.9 Å². The van der Waals surface area contributed by atoms with E-state index in [9.17, 15) is 31.5 Å². The van der Waals surface area contributed by atoms with Crippen LogP contribution in [0.5, 0.6) is 5.75 Å². The second-order valence-corrected chi connectivity index (χ2v) is 8.50. The highest BCUT2D eigenvalue weighted by atomic mass is 19.2. The molecule has 1 rings (SSSR count). The molecule has 0 heterocycles. The first-order chi connectivity index (χ1) is 15.2. The number of halogens is 5. The number of ether oxygens (including phenoxy) is 4. The van der Waals surface area contributed by atoms with Gasteiger partial charge in [-0.2, -0.15) is 8.78 Å². The molecule has 6 nitrogen and oxygen atoms in total. The van der Waals surface area contributed by atoms with Crippen LogP contribution in [0, 0.1) is 34.5 Å². The van der Waals surface area contributed by atoms with Crippen LogP contribution >= 0.6 is 0 Å². The van der Waals surface area contributed by atoms with Crippen molar-refractivity contribution in [2.24, 2.45) is 5.41 Å². The smallest absolute Gasteiger partial charge is 0.337 e. The predicted molar refractivity (Wildman–Crippen MR) is 107 cm³/mol. The normalized spacial score (nSPS) is 13.7. The number of benzene rings is 1. The van der Waals surface area contributed by atoms with Crippen LogP contribution in [0.4, 0.5) is 22.0 Å². The summed E-state index contributed by atoms with van der Waals surface area (Å²) in [6.45, 7) is 8.48. The topological polar surface area (TPSA) is 71.1 Å². The number of rotatable bonds is 12. The highest BCUT2D eigenvalue weighted by Crippen LogP contribution is 2.32. The molecule has 0 fully saturated rings. The first-order valence-corrected chi connectivity index (χ1v) is 10.3. The van der Waals surface area contributed by atoms with Gasteiger partial charge in [-0.05, 0) is 41.0 Å². The van der Waals surface area contributed by atoms with Gasteiger partial charge in [0.25, 0.3) is 0 Å². The summed E-state index contributed by atoms with van der Waals surface area (Å²) in [5, 5.41) is 0. The standard InChI is InChI=1S/C22H29F5O6/c1-7-8-9-32-21(4,5)19(28)31-11-22(6,10-30-12(2)3)20(29)33-18-16(26)14(24)13(23)15(25)17(18)27/h12H,7-11H2,1-6H3. The monoisotopic (exact) mass is 484 g/mol. The molecule has 188 valence electrons. The quantitative estimate of drug-likeness (QED) is 0.105. The lowest BCUT2D eigenvalue weighted by Gasteiger charge is -2.30. The lowest BCUT2D eigenvalue weighted by atomic mass is 9.92. The number of esters is 2. The van der Waals surface area contributed by atoms with Crippen LogP contribution < -0.4 is 4.74 Å². The fourth-order valence-electron chi connectivity index (χ4n) is 2.33. The minimum absolute atomic E-state index is 0.286. The fraction of sp³-hybridized carbons (Fsp3) is 0.636. The molecule has 0 radical (unpaired) electrons. The van der Waals surface area contributed by atoms with Gasteiger partial charge < -0.3 is 18.9 Å². The van der Waals surface area contributed by atoms with Crippen molar-refractivity contribution in [1.82, 2.24) is 0 Å². The Kier molecular flexibility index (Phi) is 10.2. The van der Waals surface area contributed by atoms with E-state index in [0.717, 1.165) is 6.42 Å². The largest absolute Gasteiger partial charge is 0.462 e. The van der Waals surface area contributed by atoms with Gasteiger partial charge in [0.1, 0.15) is 12.0 Å². The van der Waals surface area contributed by atoms with Gasteiger partial charge in [0.2, 0.25) is 34.8 Å². The zero-order valence-electron chi connectivity index (χ0n) is 19.5. The van der Waals surface area contributed by atoms with Crippen LogP contribution in [0.2, 0.25) is 0 Å². The summed E-state index contributed by atoms with van der Waals surface area (Å²) in [4.78, 5) is 25.2. The summed E-state index contributed by atoms with van der Waals surface area (Å²) in [7, 11) is 0. The molecular weight excluding hydrogens is 455 g/mol. The lowest BCUT2D eigenvalue weighted by Crippen LogP contribution is -2.45. The molecule has 1 aromatic rings. The SMILES string of the molecule is CCCCOC(C)(C)C(=O)OCC(C)(COC(C)C)C(=O)Oc1c(F)c(F)c(F)c(F)c1F. The molecule has 1 atom stereocenters. The zero-order chi connectivity index (χ0) is 25.6. The molecular formula is C22H29F5O6. The Morgan fingerprint density at radius 1 is 0.848 bits per heavy atom. The summed E-state index contributed by atoms with van der Waals surface area (Å²) in [6, 6.07) is 0. The molecule has 0 amide bonds. The van der Waals surface area contributed by atoms with Crippen LogP contribution in [0.15, 0.2) is 0 Å². The molecule has 1 unspecified atom stereocenters. The summed E-state index contributed by atoms with van der Waals surface area (Å²) in [5.74, 6) is -15.6. The van der Waals surface area contributed by atoms with E-state index in [1.54, 1.807) is 13.8 Å². The minimum atomic E-state index is -2.39. The summed E-state index contributed by atoms with van der Waals surface area (Å²) < 4.78 is 88.6. The Morgan fingerprint density at radius 3 is 1.85 bits per heavy atom. The number of hydrogen-bond acceptors (Lipinski definition) is 6. The molecule has 0 saturated carbocycles. The number of carbonyl (C=O) groups is 2. The van der Waals surface area contributed by atoms with Crippen molar-refractivity contribution in [1.29, 1.82) is 0 Å². The molecule has 0 saturated heterocycles. The van der Waals surface area contributed by atoms with Crippen LogP contribution in [0.25, 0.3) is 0 Å². The molecule has 11 heteroatoms. The lowest BCUT2D eigenvalue weighted by molar-refractivity contribution is -0.177. The van der Waals surface area contributed by atoms with Gasteiger partial charge in [-0.15, -0.1) is 0 Å². The molecule has 0 N–H and O–H groups in total. The maximum absolute atomic E-state index is 14.0. The van der Waals surface area contributed by atoms with E-state index in [-0.39, 0.29) is 6.61 Å². The van der Waals surface area contributed by atoms with Gasteiger partial charge in [-0.3, -0.25) is 4.79 Å². The first kappa shape index (κ1) is 28.8. The van der Waals surface area contributed by atoms with Crippen LogP contribution in [-0.2, 0) is 23.8 Å². The number of carbonyl (C=O) groups excluding carboxylic acids is 2. The zero-order valence-corrected chi connectivity index (χ0v) is 19.5. The third-order valence-corrected chi connectivity index (χ3v) is 4.57. The maximum atomic E-state index is 14.0. The molecule has 0 bridgehead atoms. The number of unbranched alkanes of at least 4 members (excludes halogenated alkanes) is 1. The van der Waals surface area contributed by atoms with E-state index in [0.29, 0.717) is 6.42 Å². The highest BCUT2D eigenvalue weighted by Gasteiger charge is 2.42. The Labute approximate surface area is 189 Å². The molecule has 1 aromatic carbocycles. The van der Waals surface area contributed by atoms with E-state index < -0.39 is 77.1 Å². The maximum Gasteiger partial charge on any atom is 0.337 e. The molecule has 0 aromatic heterocycles. The van der Waals surface area contributed by atoms with Crippen molar-refractivity contribution in [2.75, 3.05) is 19.8 Å². The Balaban J connectivity index is 3.12. The third-order valence-electron chi connectivity index (χ3n) is 4.57. The van der Waals surface area contributed by atoms with Gasteiger partial charge in [0.15, 0.2) is 5.60 Å². The van der Waals surface area contributed by atoms with E-state index in [2.05, 4.69) is 4.74 Å². The van der Waals surface area contributed by atoms with Crippen molar-refractivity contribution in [3.05, 3.63) is 29.1 Å². The Morgan fingerprint density at radius 2 is 1.36 bits per heavy atom. The van der Waals surface area contributed by atoms with Crippen molar-refractivity contribution < 1.29 is 50.5 Å². The first-order valence-electron chi connectivity index (χ1n) is 10.3. The van der Waals surface area contributed by atoms with Crippen molar-refractivity contribution in [3.8, 4) is 5.75 Å².